The van der Waals surface area contributed by atoms with Crippen molar-refractivity contribution < 1.29 is 0 Å². The van der Waals surface area contributed by atoms with E-state index >= 15 is 0 Å². The van der Waals surface area contributed by atoms with Crippen LogP contribution in [0.15, 0.2) is 91.3 Å². The molecule has 2 aromatic heterocycles. The zero-order valence-electron chi connectivity index (χ0n) is 20.9. The number of nitrogens with zero attached hydrogens (tertiary/aromatic N) is 4. The maximum absolute atomic E-state index is 5.25. The maximum atomic E-state index is 5.25. The van der Waals surface area contributed by atoms with E-state index in [-0.39, 0.29) is 10.8 Å². The third-order valence-corrected chi connectivity index (χ3v) is 7.58. The normalized spacial score (nSPS) is 15.5. The standard InChI is InChI=1S/C31H30N4/c1-30(2)23-13-9-11-21(17-23)28-32-26(19-34(28)5)31(3,4)27-20-35(25-15-7-6-8-16-25)29(33-27)22-12-10-14-24(30)18-22/h6-20H,1-5H3. The van der Waals surface area contributed by atoms with Crippen LogP contribution in [0.25, 0.3) is 28.5 Å². The van der Waals surface area contributed by atoms with Crippen LogP contribution in [0.5, 0.6) is 0 Å². The Bertz CT molecular complexity index is 1550. The highest BCUT2D eigenvalue weighted by atomic mass is 15.1. The third-order valence-electron chi connectivity index (χ3n) is 7.58. The van der Waals surface area contributed by atoms with Gasteiger partial charge in [-0.05, 0) is 49.2 Å². The maximum Gasteiger partial charge on any atom is 0.144 e. The van der Waals surface area contributed by atoms with Gasteiger partial charge in [-0.15, -0.1) is 0 Å². The Labute approximate surface area is 206 Å². The summed E-state index contributed by atoms with van der Waals surface area (Å²) in [7, 11) is 2.08. The molecule has 6 rings (SSSR count). The summed E-state index contributed by atoms with van der Waals surface area (Å²) in [6.07, 6.45) is 4.32. The molecule has 3 heterocycles. The lowest BCUT2D eigenvalue weighted by Gasteiger charge is -2.27. The van der Waals surface area contributed by atoms with Gasteiger partial charge in [-0.3, -0.25) is 4.57 Å². The molecule has 35 heavy (non-hydrogen) atoms. The Morgan fingerprint density at radius 1 is 0.600 bits per heavy atom. The monoisotopic (exact) mass is 458 g/mol. The van der Waals surface area contributed by atoms with Gasteiger partial charge in [0.1, 0.15) is 11.6 Å². The molecule has 0 aliphatic carbocycles. The first-order chi connectivity index (χ1) is 16.7. The molecule has 0 saturated heterocycles. The van der Waals surface area contributed by atoms with Crippen molar-refractivity contribution in [3.63, 3.8) is 0 Å². The topological polar surface area (TPSA) is 35.6 Å². The van der Waals surface area contributed by atoms with Crippen LogP contribution in [-0.4, -0.2) is 19.1 Å². The second kappa shape index (κ2) is 7.54. The molecule has 0 spiro atoms. The first-order valence-electron chi connectivity index (χ1n) is 12.2. The van der Waals surface area contributed by atoms with Gasteiger partial charge in [-0.1, -0.05) is 68.4 Å². The lowest BCUT2D eigenvalue weighted by molar-refractivity contribution is 0.601. The first kappa shape index (κ1) is 21.6. The molecule has 174 valence electrons. The Morgan fingerprint density at radius 2 is 1.17 bits per heavy atom. The van der Waals surface area contributed by atoms with E-state index in [1.807, 2.05) is 6.07 Å². The summed E-state index contributed by atoms with van der Waals surface area (Å²) in [4.78, 5) is 10.4. The molecule has 0 fully saturated rings. The summed E-state index contributed by atoms with van der Waals surface area (Å²) in [5.74, 6) is 1.91. The van der Waals surface area contributed by atoms with Gasteiger partial charge in [0.2, 0.25) is 0 Å². The molecule has 1 aliphatic heterocycles. The molecule has 0 saturated carbocycles. The highest BCUT2D eigenvalue weighted by Gasteiger charge is 2.32. The summed E-state index contributed by atoms with van der Waals surface area (Å²) < 4.78 is 4.35. The van der Waals surface area contributed by atoms with Gasteiger partial charge >= 0.3 is 0 Å². The van der Waals surface area contributed by atoms with Gasteiger partial charge in [0.05, 0.1) is 16.8 Å². The summed E-state index contributed by atoms with van der Waals surface area (Å²) in [6.45, 7) is 9.00. The number of hydrogen-bond donors (Lipinski definition) is 0. The van der Waals surface area contributed by atoms with Crippen LogP contribution in [-0.2, 0) is 17.9 Å². The quantitative estimate of drug-likeness (QED) is 0.274. The molecule has 0 radical (unpaired) electrons. The van der Waals surface area contributed by atoms with Crippen LogP contribution in [0.2, 0.25) is 0 Å². The number of aryl methyl sites for hydroxylation is 1. The minimum atomic E-state index is -0.372. The number of imidazole rings is 2. The van der Waals surface area contributed by atoms with E-state index in [1.54, 1.807) is 0 Å². The van der Waals surface area contributed by atoms with Crippen molar-refractivity contribution >= 4 is 0 Å². The summed E-state index contributed by atoms with van der Waals surface area (Å²) in [5.41, 5.74) is 7.30. The van der Waals surface area contributed by atoms with Gasteiger partial charge in [0, 0.05) is 41.7 Å². The van der Waals surface area contributed by atoms with Crippen molar-refractivity contribution in [2.24, 2.45) is 7.05 Å². The third kappa shape index (κ3) is 3.35. The van der Waals surface area contributed by atoms with Gasteiger partial charge in [0.25, 0.3) is 0 Å². The highest BCUT2D eigenvalue weighted by molar-refractivity contribution is 5.64. The number of rotatable bonds is 1. The molecule has 0 atom stereocenters. The second-order valence-corrected chi connectivity index (χ2v) is 10.6. The summed E-state index contributed by atoms with van der Waals surface area (Å²) >= 11 is 0. The first-order valence-corrected chi connectivity index (χ1v) is 12.2. The number of aromatic nitrogens is 4. The van der Waals surface area contributed by atoms with E-state index in [0.29, 0.717) is 0 Å². The molecule has 5 aromatic rings. The summed E-state index contributed by atoms with van der Waals surface area (Å²) in [5, 5.41) is 0. The molecular weight excluding hydrogens is 428 g/mol. The fourth-order valence-electron chi connectivity index (χ4n) is 5.10. The van der Waals surface area contributed by atoms with Crippen LogP contribution in [0.1, 0.15) is 50.2 Å². The predicted molar refractivity (Wildman–Crippen MR) is 142 cm³/mol. The van der Waals surface area contributed by atoms with E-state index in [9.17, 15) is 0 Å². The van der Waals surface area contributed by atoms with Crippen molar-refractivity contribution in [2.45, 2.75) is 38.5 Å². The molecule has 0 N–H and O–H groups in total. The number of benzene rings is 3. The minimum Gasteiger partial charge on any atom is -0.334 e. The van der Waals surface area contributed by atoms with Crippen LogP contribution < -0.4 is 0 Å². The SMILES string of the molecule is Cn1cc2nc1-c1cccc(c1)C(C)(C)c1cccc(c1)-c1nc(cn1-c1ccccc1)C2(C)C. The van der Waals surface area contributed by atoms with Crippen LogP contribution in [0, 0.1) is 0 Å². The average Bonchev–Trinajstić information content (AvgIpc) is 3.50. The molecule has 0 unspecified atom stereocenters. The largest absolute Gasteiger partial charge is 0.334 e. The zero-order valence-corrected chi connectivity index (χ0v) is 20.9. The predicted octanol–water partition coefficient (Wildman–Crippen LogP) is 6.91. The second-order valence-electron chi connectivity index (χ2n) is 10.6. The van der Waals surface area contributed by atoms with Crippen LogP contribution in [0.3, 0.4) is 0 Å². The molecule has 4 heteroatoms. The number of hydrogen-bond acceptors (Lipinski definition) is 2. The Hall–Kier alpha value is -3.92. The Balaban J connectivity index is 1.70. The smallest absolute Gasteiger partial charge is 0.144 e. The average molecular weight is 459 g/mol. The number of fused-ring (bicyclic) bond motifs is 10. The lowest BCUT2D eigenvalue weighted by Crippen LogP contribution is -2.20. The minimum absolute atomic E-state index is 0.184. The van der Waals surface area contributed by atoms with Crippen LogP contribution >= 0.6 is 0 Å². The highest BCUT2D eigenvalue weighted by Crippen LogP contribution is 2.39. The van der Waals surface area contributed by atoms with Crippen LogP contribution in [0.4, 0.5) is 0 Å². The molecule has 0 amide bonds. The molecule has 8 bridgehead atoms. The van der Waals surface area contributed by atoms with E-state index in [0.717, 1.165) is 39.9 Å². The van der Waals surface area contributed by atoms with E-state index in [4.69, 9.17) is 9.97 Å². The van der Waals surface area contributed by atoms with E-state index in [1.165, 1.54) is 11.1 Å². The van der Waals surface area contributed by atoms with Gasteiger partial charge in [0.15, 0.2) is 0 Å². The van der Waals surface area contributed by atoms with Gasteiger partial charge < -0.3 is 4.57 Å². The fourth-order valence-corrected chi connectivity index (χ4v) is 5.10. The van der Waals surface area contributed by atoms with E-state index in [2.05, 4.69) is 129 Å². The molecule has 1 aliphatic rings. The van der Waals surface area contributed by atoms with Gasteiger partial charge in [-0.25, -0.2) is 9.97 Å². The summed E-state index contributed by atoms with van der Waals surface area (Å²) in [6, 6.07) is 28.1. The van der Waals surface area contributed by atoms with Crippen molar-refractivity contribution in [3.8, 4) is 28.5 Å². The van der Waals surface area contributed by atoms with Crippen molar-refractivity contribution in [2.75, 3.05) is 0 Å². The van der Waals surface area contributed by atoms with Gasteiger partial charge in [-0.2, -0.15) is 0 Å². The van der Waals surface area contributed by atoms with Crippen molar-refractivity contribution in [1.29, 1.82) is 0 Å². The van der Waals surface area contributed by atoms with Crippen molar-refractivity contribution in [3.05, 3.63) is 114 Å². The zero-order chi connectivity index (χ0) is 24.4. The van der Waals surface area contributed by atoms with E-state index < -0.39 is 0 Å². The molecule has 3 aromatic carbocycles. The molecule has 4 nitrogen and oxygen atoms in total. The number of para-hydroxylation sites is 1. The Morgan fingerprint density at radius 3 is 1.83 bits per heavy atom. The Kier molecular flexibility index (Phi) is 4.65. The fraction of sp³-hybridized carbons (Fsp3) is 0.226. The lowest BCUT2D eigenvalue weighted by atomic mass is 9.77. The van der Waals surface area contributed by atoms with Crippen molar-refractivity contribution in [1.82, 2.24) is 19.1 Å². The molecular formula is C31H30N4.